The summed E-state index contributed by atoms with van der Waals surface area (Å²) < 4.78 is 10.9. The lowest BCUT2D eigenvalue weighted by Crippen LogP contribution is -2.39. The fourth-order valence-electron chi connectivity index (χ4n) is 3.08. The number of nitrogens with zero attached hydrogens (tertiary/aromatic N) is 2. The number of ether oxygens (including phenoxy) is 2. The van der Waals surface area contributed by atoms with E-state index in [1.54, 1.807) is 24.1 Å². The number of likely N-dealkylation sites (tertiary alicyclic amines) is 1. The quantitative estimate of drug-likeness (QED) is 0.734. The summed E-state index contributed by atoms with van der Waals surface area (Å²) in [6.07, 6.45) is 0.409. The Labute approximate surface area is 158 Å². The summed E-state index contributed by atoms with van der Waals surface area (Å²) in [6.45, 7) is 5.84. The van der Waals surface area contributed by atoms with Crippen LogP contribution in [0.4, 0.5) is 4.79 Å². The van der Waals surface area contributed by atoms with Crippen molar-refractivity contribution < 1.29 is 14.3 Å². The van der Waals surface area contributed by atoms with Gasteiger partial charge in [-0.2, -0.15) is 5.26 Å². The van der Waals surface area contributed by atoms with Crippen molar-refractivity contribution in [3.8, 4) is 11.8 Å². The molecule has 0 N–H and O–H groups in total. The molecule has 0 aromatic heterocycles. The molecule has 1 aliphatic rings. The molecule has 2 atom stereocenters. The lowest BCUT2D eigenvalue weighted by Gasteiger charge is -2.27. The first-order chi connectivity index (χ1) is 11.7. The standard InChI is InChI=1S/C18H22Cl2N2O3/c1-18(2,3)25-17(23)22-10-11(9-12(22)7-8-21)15-14(24-4)6-5-13(19)16(15)20/h5-6,11-12H,7,9-10H2,1-4H3/t11-,12+/m0/s1. The Kier molecular flexibility index (Phi) is 6.08. The fraction of sp³-hybridized carbons (Fsp3) is 0.556. The molecule has 7 heteroatoms. The lowest BCUT2D eigenvalue weighted by atomic mass is 9.94. The Bertz CT molecular complexity index is 695. The van der Waals surface area contributed by atoms with Gasteiger partial charge in [0.2, 0.25) is 0 Å². The Morgan fingerprint density at radius 3 is 2.64 bits per heavy atom. The third-order valence-electron chi connectivity index (χ3n) is 4.09. The topological polar surface area (TPSA) is 62.6 Å². The summed E-state index contributed by atoms with van der Waals surface area (Å²) in [6, 6.07) is 5.36. The van der Waals surface area contributed by atoms with Gasteiger partial charge < -0.3 is 14.4 Å². The van der Waals surface area contributed by atoms with Crippen molar-refractivity contribution in [3.05, 3.63) is 27.7 Å². The van der Waals surface area contributed by atoms with E-state index < -0.39 is 11.7 Å². The number of hydrogen-bond donors (Lipinski definition) is 0. The molecule has 1 saturated heterocycles. The molecule has 0 spiro atoms. The van der Waals surface area contributed by atoms with Crippen molar-refractivity contribution in [1.82, 2.24) is 4.90 Å². The molecule has 136 valence electrons. The number of halogens is 2. The summed E-state index contributed by atoms with van der Waals surface area (Å²) in [5, 5.41) is 9.97. The number of amides is 1. The molecule has 0 aliphatic carbocycles. The maximum Gasteiger partial charge on any atom is 0.410 e. The number of methoxy groups -OCH3 is 1. The second-order valence-corrected chi connectivity index (χ2v) is 7.84. The number of rotatable bonds is 3. The van der Waals surface area contributed by atoms with Crippen LogP contribution in [0, 0.1) is 11.3 Å². The molecule has 25 heavy (non-hydrogen) atoms. The molecule has 1 amide bonds. The Morgan fingerprint density at radius 2 is 2.08 bits per heavy atom. The van der Waals surface area contributed by atoms with Gasteiger partial charge in [0.05, 0.1) is 29.6 Å². The molecule has 0 saturated carbocycles. The molecular weight excluding hydrogens is 363 g/mol. The predicted octanol–water partition coefficient (Wildman–Crippen LogP) is 5.01. The van der Waals surface area contributed by atoms with E-state index in [2.05, 4.69) is 6.07 Å². The molecule has 0 bridgehead atoms. The molecule has 1 aromatic carbocycles. The summed E-state index contributed by atoms with van der Waals surface area (Å²) in [5.41, 5.74) is 0.170. The number of hydrogen-bond acceptors (Lipinski definition) is 4. The molecular formula is C18H22Cl2N2O3. The second kappa shape index (κ2) is 7.72. The number of nitriles is 1. The smallest absolute Gasteiger partial charge is 0.410 e. The van der Waals surface area contributed by atoms with Crippen LogP contribution in [0.25, 0.3) is 0 Å². The highest BCUT2D eigenvalue weighted by Crippen LogP contribution is 2.44. The van der Waals surface area contributed by atoms with E-state index in [1.807, 2.05) is 20.8 Å². The third-order valence-corrected chi connectivity index (χ3v) is 4.91. The number of carbonyl (C=O) groups is 1. The summed E-state index contributed by atoms with van der Waals surface area (Å²) in [7, 11) is 1.57. The van der Waals surface area contributed by atoms with Crippen molar-refractivity contribution >= 4 is 29.3 Å². The fourth-order valence-corrected chi connectivity index (χ4v) is 3.55. The van der Waals surface area contributed by atoms with Crippen molar-refractivity contribution in [2.45, 2.75) is 51.2 Å². The molecule has 0 unspecified atom stereocenters. The maximum atomic E-state index is 12.5. The highest BCUT2D eigenvalue weighted by atomic mass is 35.5. The predicted molar refractivity (Wildman–Crippen MR) is 97.3 cm³/mol. The first-order valence-electron chi connectivity index (χ1n) is 8.06. The van der Waals surface area contributed by atoms with Gasteiger partial charge in [-0.1, -0.05) is 23.2 Å². The van der Waals surface area contributed by atoms with Crippen LogP contribution in [-0.4, -0.2) is 36.3 Å². The number of carbonyl (C=O) groups excluding carboxylic acids is 1. The molecule has 1 fully saturated rings. The minimum Gasteiger partial charge on any atom is -0.496 e. The average molecular weight is 385 g/mol. The molecule has 1 aromatic rings. The third kappa shape index (κ3) is 4.50. The van der Waals surface area contributed by atoms with Gasteiger partial charge in [-0.3, -0.25) is 0 Å². The van der Waals surface area contributed by atoms with Crippen LogP contribution in [0.15, 0.2) is 12.1 Å². The Hall–Kier alpha value is -1.64. The zero-order valence-corrected chi connectivity index (χ0v) is 16.3. The maximum absolute atomic E-state index is 12.5. The van der Waals surface area contributed by atoms with E-state index in [-0.39, 0.29) is 18.4 Å². The van der Waals surface area contributed by atoms with Crippen LogP contribution in [0.5, 0.6) is 5.75 Å². The Balaban J connectivity index is 2.33. The van der Waals surface area contributed by atoms with Crippen molar-refractivity contribution in [1.29, 1.82) is 5.26 Å². The van der Waals surface area contributed by atoms with Gasteiger partial charge in [-0.05, 0) is 39.3 Å². The van der Waals surface area contributed by atoms with Gasteiger partial charge in [0.15, 0.2) is 0 Å². The van der Waals surface area contributed by atoms with Gasteiger partial charge in [0.25, 0.3) is 0 Å². The van der Waals surface area contributed by atoms with Crippen LogP contribution in [-0.2, 0) is 4.74 Å². The monoisotopic (exact) mass is 384 g/mol. The zero-order valence-electron chi connectivity index (χ0n) is 14.8. The largest absolute Gasteiger partial charge is 0.496 e. The summed E-state index contributed by atoms with van der Waals surface area (Å²) in [5.74, 6) is 0.549. The normalized spacial score (nSPS) is 20.3. The Morgan fingerprint density at radius 1 is 1.40 bits per heavy atom. The van der Waals surface area contributed by atoms with Gasteiger partial charge >= 0.3 is 6.09 Å². The highest BCUT2D eigenvalue weighted by Gasteiger charge is 2.40. The molecule has 5 nitrogen and oxygen atoms in total. The zero-order chi connectivity index (χ0) is 18.8. The highest BCUT2D eigenvalue weighted by molar-refractivity contribution is 6.42. The van der Waals surface area contributed by atoms with Gasteiger partial charge in [0.1, 0.15) is 11.4 Å². The summed E-state index contributed by atoms with van der Waals surface area (Å²) >= 11 is 12.6. The van der Waals surface area contributed by atoms with Crippen LogP contribution in [0.2, 0.25) is 10.0 Å². The van der Waals surface area contributed by atoms with Crippen molar-refractivity contribution in [2.75, 3.05) is 13.7 Å². The van der Waals surface area contributed by atoms with Crippen LogP contribution < -0.4 is 4.74 Å². The number of benzene rings is 1. The van der Waals surface area contributed by atoms with E-state index in [0.29, 0.717) is 28.8 Å². The van der Waals surface area contributed by atoms with E-state index in [1.165, 1.54) is 0 Å². The summed E-state index contributed by atoms with van der Waals surface area (Å²) in [4.78, 5) is 14.1. The second-order valence-electron chi connectivity index (χ2n) is 7.06. The van der Waals surface area contributed by atoms with Crippen LogP contribution in [0.1, 0.15) is 45.1 Å². The minimum absolute atomic E-state index is 0.0768. The van der Waals surface area contributed by atoms with Crippen LogP contribution >= 0.6 is 23.2 Å². The van der Waals surface area contributed by atoms with E-state index in [0.717, 1.165) is 5.56 Å². The first-order valence-corrected chi connectivity index (χ1v) is 8.82. The van der Waals surface area contributed by atoms with Crippen molar-refractivity contribution in [3.63, 3.8) is 0 Å². The minimum atomic E-state index is -0.599. The van der Waals surface area contributed by atoms with E-state index in [9.17, 15) is 4.79 Å². The van der Waals surface area contributed by atoms with E-state index in [4.69, 9.17) is 37.9 Å². The van der Waals surface area contributed by atoms with Gasteiger partial charge in [0, 0.05) is 24.1 Å². The molecule has 1 heterocycles. The molecule has 2 rings (SSSR count). The van der Waals surface area contributed by atoms with Gasteiger partial charge in [-0.25, -0.2) is 4.79 Å². The SMILES string of the molecule is COc1ccc(Cl)c(Cl)c1[C@H]1C[C@@H](CC#N)N(C(=O)OC(C)(C)C)C1. The molecule has 1 aliphatic heterocycles. The average Bonchev–Trinajstić information content (AvgIpc) is 2.92. The molecule has 0 radical (unpaired) electrons. The van der Waals surface area contributed by atoms with Crippen molar-refractivity contribution in [2.24, 2.45) is 0 Å². The van der Waals surface area contributed by atoms with E-state index >= 15 is 0 Å². The van der Waals surface area contributed by atoms with Crippen LogP contribution in [0.3, 0.4) is 0 Å². The first kappa shape index (κ1) is 19.7. The lowest BCUT2D eigenvalue weighted by molar-refractivity contribution is 0.0227. The van der Waals surface area contributed by atoms with Gasteiger partial charge in [-0.15, -0.1) is 0 Å².